The molecule has 0 aliphatic carbocycles. The number of aryl methyl sites for hydroxylation is 2. The maximum Gasteiger partial charge on any atom is 0.132 e. The van der Waals surface area contributed by atoms with Crippen LogP contribution < -0.4 is 4.90 Å². The lowest BCUT2D eigenvalue weighted by Gasteiger charge is -2.34. The highest BCUT2D eigenvalue weighted by molar-refractivity contribution is 9.09. The molecule has 94 valence electrons. The summed E-state index contributed by atoms with van der Waals surface area (Å²) in [6.45, 7) is 8.46. The number of hydrogen-bond acceptors (Lipinski definition) is 3. The lowest BCUT2D eigenvalue weighted by molar-refractivity contribution is 0.405. The van der Waals surface area contributed by atoms with Gasteiger partial charge in [0.1, 0.15) is 11.6 Å². The van der Waals surface area contributed by atoms with Gasteiger partial charge in [0.15, 0.2) is 0 Å². The zero-order chi connectivity index (χ0) is 12.4. The van der Waals surface area contributed by atoms with Crippen LogP contribution in [0.15, 0.2) is 6.07 Å². The second-order valence-corrected chi connectivity index (χ2v) is 6.36. The van der Waals surface area contributed by atoms with Gasteiger partial charge in [0.05, 0.1) is 0 Å². The minimum absolute atomic E-state index is 0.624. The van der Waals surface area contributed by atoms with Crippen molar-refractivity contribution in [3.8, 4) is 0 Å². The Morgan fingerprint density at radius 2 is 1.94 bits per heavy atom. The third kappa shape index (κ3) is 3.18. The topological polar surface area (TPSA) is 29.0 Å². The molecule has 4 heteroatoms. The lowest BCUT2D eigenvalue weighted by atomic mass is 9.94. The van der Waals surface area contributed by atoms with Crippen molar-refractivity contribution in [3.63, 3.8) is 0 Å². The number of piperidine rings is 1. The molecular weight excluding hydrogens is 278 g/mol. The minimum atomic E-state index is 0.624. The van der Waals surface area contributed by atoms with E-state index in [1.807, 2.05) is 13.8 Å². The van der Waals surface area contributed by atoms with Crippen LogP contribution in [0.4, 0.5) is 5.82 Å². The fraction of sp³-hybridized carbons (Fsp3) is 0.692. The first-order valence-electron chi connectivity index (χ1n) is 6.27. The van der Waals surface area contributed by atoms with E-state index in [9.17, 15) is 0 Å². The second-order valence-electron chi connectivity index (χ2n) is 4.92. The monoisotopic (exact) mass is 297 g/mol. The molecule has 0 spiro atoms. The van der Waals surface area contributed by atoms with E-state index < -0.39 is 0 Å². The zero-order valence-corrected chi connectivity index (χ0v) is 12.4. The van der Waals surface area contributed by atoms with Crippen LogP contribution in [-0.2, 0) is 0 Å². The summed E-state index contributed by atoms with van der Waals surface area (Å²) in [6.07, 6.45) is 2.49. The van der Waals surface area contributed by atoms with Gasteiger partial charge >= 0.3 is 0 Å². The van der Waals surface area contributed by atoms with Gasteiger partial charge in [-0.25, -0.2) is 9.97 Å². The van der Waals surface area contributed by atoms with Crippen LogP contribution in [0, 0.1) is 19.8 Å². The number of aromatic nitrogens is 2. The summed E-state index contributed by atoms with van der Waals surface area (Å²) >= 11 is 3.69. The van der Waals surface area contributed by atoms with E-state index in [1.165, 1.54) is 12.8 Å². The van der Waals surface area contributed by atoms with E-state index in [4.69, 9.17) is 0 Å². The van der Waals surface area contributed by atoms with E-state index >= 15 is 0 Å². The molecule has 17 heavy (non-hydrogen) atoms. The van der Waals surface area contributed by atoms with Crippen molar-refractivity contribution in [1.82, 2.24) is 9.97 Å². The molecule has 1 saturated heterocycles. The van der Waals surface area contributed by atoms with Gasteiger partial charge in [-0.15, -0.1) is 0 Å². The summed E-state index contributed by atoms with van der Waals surface area (Å²) in [7, 11) is 0. The van der Waals surface area contributed by atoms with Gasteiger partial charge in [0.2, 0.25) is 0 Å². The van der Waals surface area contributed by atoms with Crippen molar-refractivity contribution < 1.29 is 0 Å². The first-order chi connectivity index (χ1) is 8.06. The zero-order valence-electron chi connectivity index (χ0n) is 10.8. The maximum absolute atomic E-state index is 4.53. The van der Waals surface area contributed by atoms with Gasteiger partial charge in [-0.2, -0.15) is 0 Å². The van der Waals surface area contributed by atoms with Crippen LogP contribution in [-0.4, -0.2) is 27.9 Å². The summed E-state index contributed by atoms with van der Waals surface area (Å²) in [4.78, 5) is 11.9. The van der Waals surface area contributed by atoms with Crippen molar-refractivity contribution >= 4 is 21.7 Å². The molecular formula is C13H20BrN3. The minimum Gasteiger partial charge on any atom is -0.356 e. The fourth-order valence-electron chi connectivity index (χ4n) is 2.45. The summed E-state index contributed by atoms with van der Waals surface area (Å²) in [5.41, 5.74) is 1.06. The van der Waals surface area contributed by atoms with E-state index in [2.05, 4.69) is 43.8 Å². The third-order valence-electron chi connectivity index (χ3n) is 3.47. The van der Waals surface area contributed by atoms with Gasteiger partial charge in [0.25, 0.3) is 0 Å². The van der Waals surface area contributed by atoms with E-state index in [-0.39, 0.29) is 0 Å². The van der Waals surface area contributed by atoms with Crippen LogP contribution >= 0.6 is 15.9 Å². The molecule has 2 heterocycles. The van der Waals surface area contributed by atoms with Crippen molar-refractivity contribution in [2.45, 2.75) is 38.4 Å². The molecule has 1 aromatic rings. The predicted molar refractivity (Wildman–Crippen MR) is 74.8 cm³/mol. The standard InChI is InChI=1S/C13H20BrN3/c1-9-8-13(16-11(3)15-9)17-6-4-12(5-7-17)10(2)14/h8,10,12H,4-7H2,1-3H3. The van der Waals surface area contributed by atoms with Gasteiger partial charge < -0.3 is 4.90 Å². The van der Waals surface area contributed by atoms with Gasteiger partial charge in [0, 0.05) is 29.7 Å². The second kappa shape index (κ2) is 5.34. The van der Waals surface area contributed by atoms with Crippen molar-refractivity contribution in [3.05, 3.63) is 17.6 Å². The van der Waals surface area contributed by atoms with E-state index in [0.717, 1.165) is 36.3 Å². The molecule has 0 amide bonds. The summed E-state index contributed by atoms with van der Waals surface area (Å²) < 4.78 is 0. The van der Waals surface area contributed by atoms with E-state index in [1.54, 1.807) is 0 Å². The highest BCUT2D eigenvalue weighted by Gasteiger charge is 2.23. The average molecular weight is 298 g/mol. The third-order valence-corrected chi connectivity index (χ3v) is 4.21. The van der Waals surface area contributed by atoms with Gasteiger partial charge in [-0.3, -0.25) is 0 Å². The van der Waals surface area contributed by atoms with Gasteiger partial charge in [-0.1, -0.05) is 22.9 Å². The molecule has 0 bridgehead atoms. The van der Waals surface area contributed by atoms with Crippen molar-refractivity contribution in [1.29, 1.82) is 0 Å². The summed E-state index contributed by atoms with van der Waals surface area (Å²) in [5, 5.41) is 0. The molecule has 0 aromatic carbocycles. The molecule has 1 aliphatic heterocycles. The Bertz CT molecular complexity index is 364. The lowest BCUT2D eigenvalue weighted by Crippen LogP contribution is -2.36. The molecule has 1 unspecified atom stereocenters. The maximum atomic E-state index is 4.53. The Balaban J connectivity index is 2.05. The highest BCUT2D eigenvalue weighted by atomic mass is 79.9. The number of nitrogens with zero attached hydrogens (tertiary/aromatic N) is 3. The van der Waals surface area contributed by atoms with Crippen LogP contribution in [0.1, 0.15) is 31.3 Å². The van der Waals surface area contributed by atoms with E-state index in [0.29, 0.717) is 4.83 Å². The molecule has 0 N–H and O–H groups in total. The van der Waals surface area contributed by atoms with Crippen LogP contribution in [0.3, 0.4) is 0 Å². The number of rotatable bonds is 2. The Morgan fingerprint density at radius 1 is 1.29 bits per heavy atom. The fourth-order valence-corrected chi connectivity index (χ4v) is 2.98. The number of halogens is 1. The molecule has 3 nitrogen and oxygen atoms in total. The Kier molecular flexibility index (Phi) is 4.02. The Hall–Kier alpha value is -0.640. The Morgan fingerprint density at radius 3 is 2.47 bits per heavy atom. The number of hydrogen-bond donors (Lipinski definition) is 0. The van der Waals surface area contributed by atoms with Crippen LogP contribution in [0.25, 0.3) is 0 Å². The number of anilines is 1. The normalized spacial score (nSPS) is 19.4. The summed E-state index contributed by atoms with van der Waals surface area (Å²) in [6, 6.07) is 2.09. The SMILES string of the molecule is Cc1cc(N2CCC(C(C)Br)CC2)nc(C)n1. The molecule has 2 rings (SSSR count). The van der Waals surface area contributed by atoms with Crippen molar-refractivity contribution in [2.75, 3.05) is 18.0 Å². The molecule has 1 fully saturated rings. The number of alkyl halides is 1. The molecule has 0 radical (unpaired) electrons. The van der Waals surface area contributed by atoms with Crippen molar-refractivity contribution in [2.24, 2.45) is 5.92 Å². The quantitative estimate of drug-likeness (QED) is 0.786. The predicted octanol–water partition coefficient (Wildman–Crippen LogP) is 3.09. The van der Waals surface area contributed by atoms with Crippen LogP contribution in [0.2, 0.25) is 0 Å². The Labute approximate surface area is 112 Å². The first kappa shape index (κ1) is 12.8. The molecule has 1 aromatic heterocycles. The average Bonchev–Trinajstić information content (AvgIpc) is 2.28. The summed E-state index contributed by atoms with van der Waals surface area (Å²) in [5.74, 6) is 2.77. The molecule has 0 saturated carbocycles. The highest BCUT2D eigenvalue weighted by Crippen LogP contribution is 2.27. The molecule has 1 aliphatic rings. The largest absolute Gasteiger partial charge is 0.356 e. The first-order valence-corrected chi connectivity index (χ1v) is 7.19. The van der Waals surface area contributed by atoms with Crippen LogP contribution in [0.5, 0.6) is 0 Å². The molecule has 1 atom stereocenters. The smallest absolute Gasteiger partial charge is 0.132 e. The van der Waals surface area contributed by atoms with Gasteiger partial charge in [-0.05, 0) is 32.6 Å².